The number of pyridine rings is 1. The summed E-state index contributed by atoms with van der Waals surface area (Å²) in [6.45, 7) is 0.999. The van der Waals surface area contributed by atoms with Crippen LogP contribution in [0.2, 0.25) is 0 Å². The molecule has 2 aromatic heterocycles. The summed E-state index contributed by atoms with van der Waals surface area (Å²) in [6, 6.07) is 21.0. The van der Waals surface area contributed by atoms with Crippen LogP contribution in [0, 0.1) is 0 Å². The summed E-state index contributed by atoms with van der Waals surface area (Å²) in [4.78, 5) is 21.4. The lowest BCUT2D eigenvalue weighted by atomic mass is 10.2. The van der Waals surface area contributed by atoms with E-state index in [9.17, 15) is 4.79 Å². The fourth-order valence-corrected chi connectivity index (χ4v) is 3.37. The van der Waals surface area contributed by atoms with Crippen molar-refractivity contribution >= 4 is 38.8 Å². The molecule has 6 nitrogen and oxygen atoms in total. The van der Waals surface area contributed by atoms with Crippen LogP contribution in [0.15, 0.2) is 77.4 Å². The molecular formula is C21H18BrN5O. The highest BCUT2D eigenvalue weighted by Crippen LogP contribution is 2.23. The van der Waals surface area contributed by atoms with Crippen molar-refractivity contribution in [1.82, 2.24) is 19.9 Å². The molecule has 0 radical (unpaired) electrons. The molecule has 0 atom stereocenters. The normalized spacial score (nSPS) is 10.8. The van der Waals surface area contributed by atoms with Crippen molar-refractivity contribution in [3.05, 3.63) is 77.4 Å². The number of fused-ring (bicyclic) bond motifs is 1. The number of para-hydroxylation sites is 1. The van der Waals surface area contributed by atoms with Crippen LogP contribution in [0.25, 0.3) is 22.6 Å². The molecule has 0 fully saturated rings. The Balaban J connectivity index is 1.50. The van der Waals surface area contributed by atoms with Gasteiger partial charge in [-0.1, -0.05) is 42.5 Å². The van der Waals surface area contributed by atoms with E-state index >= 15 is 0 Å². The van der Waals surface area contributed by atoms with E-state index in [-0.39, 0.29) is 6.03 Å². The van der Waals surface area contributed by atoms with Gasteiger partial charge in [0.05, 0.1) is 5.69 Å². The molecule has 0 unspecified atom stereocenters. The zero-order valence-electron chi connectivity index (χ0n) is 15.0. The Morgan fingerprint density at radius 1 is 1.00 bits per heavy atom. The lowest BCUT2D eigenvalue weighted by molar-refractivity contribution is 0.251. The summed E-state index contributed by atoms with van der Waals surface area (Å²) < 4.78 is 2.87. The first kappa shape index (κ1) is 18.2. The number of nitrogens with zero attached hydrogens (tertiary/aromatic N) is 3. The van der Waals surface area contributed by atoms with Gasteiger partial charge in [0, 0.05) is 29.3 Å². The maximum atomic E-state index is 12.2. The van der Waals surface area contributed by atoms with Gasteiger partial charge in [-0.2, -0.15) is 0 Å². The molecule has 0 aliphatic carbocycles. The Bertz CT molecular complexity index is 1110. The molecule has 0 aliphatic rings. The molecule has 4 rings (SSSR count). The maximum absolute atomic E-state index is 12.2. The molecular weight excluding hydrogens is 418 g/mol. The SMILES string of the molecule is O=C(NCCn1c(-c2ccccc2)nc2cccnc21)Nc1ccccc1Br. The largest absolute Gasteiger partial charge is 0.336 e. The Morgan fingerprint density at radius 3 is 2.61 bits per heavy atom. The van der Waals surface area contributed by atoms with Crippen LogP contribution >= 0.6 is 15.9 Å². The van der Waals surface area contributed by atoms with Crippen molar-refractivity contribution < 1.29 is 4.79 Å². The smallest absolute Gasteiger partial charge is 0.319 e. The van der Waals surface area contributed by atoms with E-state index in [1.807, 2.05) is 71.3 Å². The summed E-state index contributed by atoms with van der Waals surface area (Å²) in [6.07, 6.45) is 1.75. The van der Waals surface area contributed by atoms with E-state index in [0.29, 0.717) is 13.1 Å². The zero-order valence-corrected chi connectivity index (χ0v) is 16.6. The number of hydrogen-bond acceptors (Lipinski definition) is 3. The zero-order chi connectivity index (χ0) is 19.3. The van der Waals surface area contributed by atoms with Gasteiger partial charge in [-0.05, 0) is 40.2 Å². The van der Waals surface area contributed by atoms with Crippen LogP contribution in [0.5, 0.6) is 0 Å². The van der Waals surface area contributed by atoms with E-state index in [0.717, 1.165) is 32.7 Å². The number of imidazole rings is 1. The minimum Gasteiger partial charge on any atom is -0.336 e. The maximum Gasteiger partial charge on any atom is 0.319 e. The number of carbonyl (C=O) groups excluding carboxylic acids is 1. The van der Waals surface area contributed by atoms with E-state index in [1.54, 1.807) is 6.20 Å². The summed E-state index contributed by atoms with van der Waals surface area (Å²) in [5.74, 6) is 0.835. The molecule has 0 spiro atoms. The first-order valence-corrected chi connectivity index (χ1v) is 9.68. The first-order valence-electron chi connectivity index (χ1n) is 8.88. The summed E-state index contributed by atoms with van der Waals surface area (Å²) in [5.41, 5.74) is 3.37. The molecule has 2 N–H and O–H groups in total. The van der Waals surface area contributed by atoms with Gasteiger partial charge >= 0.3 is 6.03 Å². The van der Waals surface area contributed by atoms with Gasteiger partial charge in [0.1, 0.15) is 11.3 Å². The van der Waals surface area contributed by atoms with E-state index in [2.05, 4.69) is 31.5 Å². The van der Waals surface area contributed by atoms with Crippen molar-refractivity contribution in [2.24, 2.45) is 0 Å². The number of anilines is 1. The molecule has 4 aromatic rings. The Morgan fingerprint density at radius 2 is 1.79 bits per heavy atom. The highest BCUT2D eigenvalue weighted by atomic mass is 79.9. The molecule has 140 valence electrons. The lowest BCUT2D eigenvalue weighted by Gasteiger charge is -2.11. The van der Waals surface area contributed by atoms with Gasteiger partial charge < -0.3 is 15.2 Å². The highest BCUT2D eigenvalue weighted by Gasteiger charge is 2.13. The topological polar surface area (TPSA) is 71.8 Å². The third kappa shape index (κ3) is 3.89. The van der Waals surface area contributed by atoms with Crippen LogP contribution in [-0.2, 0) is 6.54 Å². The van der Waals surface area contributed by atoms with Crippen LogP contribution in [0.4, 0.5) is 10.5 Å². The third-order valence-corrected chi connectivity index (χ3v) is 4.97. The minimum absolute atomic E-state index is 0.259. The number of aromatic nitrogens is 3. The average molecular weight is 436 g/mol. The van der Waals surface area contributed by atoms with Crippen molar-refractivity contribution in [3.8, 4) is 11.4 Å². The summed E-state index contributed by atoms with van der Waals surface area (Å²) in [5, 5.41) is 5.73. The van der Waals surface area contributed by atoms with Crippen LogP contribution in [0.3, 0.4) is 0 Å². The predicted octanol–water partition coefficient (Wildman–Crippen LogP) is 4.68. The predicted molar refractivity (Wildman–Crippen MR) is 114 cm³/mol. The van der Waals surface area contributed by atoms with Crippen molar-refractivity contribution in [2.75, 3.05) is 11.9 Å². The second-order valence-electron chi connectivity index (χ2n) is 6.16. The van der Waals surface area contributed by atoms with E-state index in [4.69, 9.17) is 4.98 Å². The second kappa shape index (κ2) is 8.22. The van der Waals surface area contributed by atoms with E-state index in [1.165, 1.54) is 0 Å². The lowest BCUT2D eigenvalue weighted by Crippen LogP contribution is -2.31. The number of halogens is 1. The monoisotopic (exact) mass is 435 g/mol. The van der Waals surface area contributed by atoms with Gasteiger partial charge in [0.25, 0.3) is 0 Å². The van der Waals surface area contributed by atoms with Gasteiger partial charge in [-0.25, -0.2) is 14.8 Å². The molecule has 2 heterocycles. The molecule has 0 bridgehead atoms. The minimum atomic E-state index is -0.259. The van der Waals surface area contributed by atoms with Crippen LogP contribution < -0.4 is 10.6 Å². The van der Waals surface area contributed by atoms with Gasteiger partial charge in [0.2, 0.25) is 0 Å². The van der Waals surface area contributed by atoms with Crippen molar-refractivity contribution in [1.29, 1.82) is 0 Å². The molecule has 28 heavy (non-hydrogen) atoms. The van der Waals surface area contributed by atoms with E-state index < -0.39 is 0 Å². The quantitative estimate of drug-likeness (QED) is 0.477. The summed E-state index contributed by atoms with van der Waals surface area (Å²) in [7, 11) is 0. The molecule has 0 aliphatic heterocycles. The molecule has 2 aromatic carbocycles. The first-order chi connectivity index (χ1) is 13.7. The van der Waals surface area contributed by atoms with Crippen molar-refractivity contribution in [2.45, 2.75) is 6.54 Å². The number of carbonyl (C=O) groups is 1. The standard InChI is InChI=1S/C21H18BrN5O/c22-16-9-4-5-10-17(16)26-21(28)24-13-14-27-19(15-7-2-1-3-8-15)25-18-11-6-12-23-20(18)27/h1-12H,13-14H2,(H2,24,26,28). The fraction of sp³-hybridized carbons (Fsp3) is 0.0952. The Hall–Kier alpha value is -3.19. The number of hydrogen-bond donors (Lipinski definition) is 2. The summed E-state index contributed by atoms with van der Waals surface area (Å²) >= 11 is 3.42. The number of amides is 2. The molecule has 2 amide bonds. The number of benzene rings is 2. The fourth-order valence-electron chi connectivity index (χ4n) is 2.99. The Labute approximate surface area is 170 Å². The molecule has 0 saturated carbocycles. The van der Waals surface area contributed by atoms with Gasteiger partial charge in [0.15, 0.2) is 5.65 Å². The number of urea groups is 1. The van der Waals surface area contributed by atoms with Gasteiger partial charge in [-0.3, -0.25) is 0 Å². The third-order valence-electron chi connectivity index (χ3n) is 4.28. The van der Waals surface area contributed by atoms with Gasteiger partial charge in [-0.15, -0.1) is 0 Å². The number of rotatable bonds is 5. The molecule has 7 heteroatoms. The Kier molecular flexibility index (Phi) is 5.34. The van der Waals surface area contributed by atoms with Crippen molar-refractivity contribution in [3.63, 3.8) is 0 Å². The highest BCUT2D eigenvalue weighted by molar-refractivity contribution is 9.10. The van der Waals surface area contributed by atoms with Crippen LogP contribution in [-0.4, -0.2) is 27.1 Å². The molecule has 0 saturated heterocycles. The average Bonchev–Trinajstić information content (AvgIpc) is 3.09. The number of nitrogens with one attached hydrogen (secondary N) is 2. The van der Waals surface area contributed by atoms with Crippen LogP contribution in [0.1, 0.15) is 0 Å². The second-order valence-corrected chi connectivity index (χ2v) is 7.01.